The highest BCUT2D eigenvalue weighted by Crippen LogP contribution is 2.43. The Kier molecular flexibility index (Phi) is 2.52. The van der Waals surface area contributed by atoms with Crippen LogP contribution in [0, 0.1) is 13.8 Å². The molecule has 0 amide bonds. The molecule has 2 atom stereocenters. The molecule has 0 aliphatic heterocycles. The Balaban J connectivity index is 2.58. The van der Waals surface area contributed by atoms with Crippen molar-refractivity contribution in [1.82, 2.24) is 0 Å². The van der Waals surface area contributed by atoms with E-state index in [1.807, 2.05) is 0 Å². The predicted molar refractivity (Wildman–Crippen MR) is 66.4 cm³/mol. The van der Waals surface area contributed by atoms with Gasteiger partial charge in [0.05, 0.1) is 0 Å². The van der Waals surface area contributed by atoms with E-state index >= 15 is 0 Å². The van der Waals surface area contributed by atoms with Crippen LogP contribution in [-0.2, 0) is 0 Å². The molecule has 1 aromatic carbocycles. The van der Waals surface area contributed by atoms with Gasteiger partial charge in [-0.05, 0) is 42.5 Å². The van der Waals surface area contributed by atoms with E-state index in [9.17, 15) is 0 Å². The van der Waals surface area contributed by atoms with Crippen molar-refractivity contribution in [1.29, 1.82) is 0 Å². The van der Waals surface area contributed by atoms with Crippen molar-refractivity contribution in [3.05, 3.63) is 59.7 Å². The Morgan fingerprint density at radius 1 is 1.00 bits per heavy atom. The number of allylic oxidation sites excluding steroid dienone is 2. The Bertz CT molecular complexity index is 373. The number of aryl methyl sites for hydroxylation is 2. The fourth-order valence-corrected chi connectivity index (χ4v) is 2.48. The normalized spacial score (nSPS) is 23.6. The summed E-state index contributed by atoms with van der Waals surface area (Å²) in [4.78, 5) is 0. The lowest BCUT2D eigenvalue weighted by molar-refractivity contribution is 0.751. The second-order valence-electron chi connectivity index (χ2n) is 4.49. The molecular weight excluding hydrogens is 180 g/mol. The van der Waals surface area contributed by atoms with Crippen LogP contribution in [0.1, 0.15) is 40.5 Å². The van der Waals surface area contributed by atoms with Crippen LogP contribution in [0.15, 0.2) is 37.4 Å². The van der Waals surface area contributed by atoms with E-state index in [-0.39, 0.29) is 0 Å². The molecule has 1 aromatic rings. The van der Waals surface area contributed by atoms with Crippen LogP contribution in [-0.4, -0.2) is 0 Å². The Morgan fingerprint density at radius 3 is 1.73 bits per heavy atom. The largest absolute Gasteiger partial charge is 0.102 e. The van der Waals surface area contributed by atoms with E-state index in [4.69, 9.17) is 0 Å². The van der Waals surface area contributed by atoms with Gasteiger partial charge in [-0.3, -0.25) is 0 Å². The fourth-order valence-electron chi connectivity index (χ4n) is 2.48. The van der Waals surface area contributed by atoms with Crippen molar-refractivity contribution in [2.45, 2.75) is 32.1 Å². The maximum atomic E-state index is 3.93. The van der Waals surface area contributed by atoms with Crippen molar-refractivity contribution in [2.24, 2.45) is 0 Å². The molecule has 0 N–H and O–H groups in total. The lowest BCUT2D eigenvalue weighted by Crippen LogP contribution is -1.92. The van der Waals surface area contributed by atoms with Gasteiger partial charge in [0.15, 0.2) is 0 Å². The van der Waals surface area contributed by atoms with Crippen LogP contribution in [0.5, 0.6) is 0 Å². The minimum atomic E-state index is 0.516. The quantitative estimate of drug-likeness (QED) is 0.623. The summed E-state index contributed by atoms with van der Waals surface area (Å²) in [5, 5.41) is 0. The average molecular weight is 198 g/mol. The molecule has 0 spiro atoms. The third-order valence-corrected chi connectivity index (χ3v) is 3.58. The molecule has 0 aromatic heterocycles. The van der Waals surface area contributed by atoms with E-state index in [0.29, 0.717) is 11.8 Å². The summed E-state index contributed by atoms with van der Waals surface area (Å²) >= 11 is 0. The minimum absolute atomic E-state index is 0.516. The third-order valence-electron chi connectivity index (χ3n) is 3.58. The SMILES string of the molecule is C=CC1CC(C=C)c2cc(C)c(C)cc21. The van der Waals surface area contributed by atoms with Crippen LogP contribution in [0.25, 0.3) is 0 Å². The Labute approximate surface area is 92.3 Å². The zero-order valence-corrected chi connectivity index (χ0v) is 9.59. The van der Waals surface area contributed by atoms with Crippen molar-refractivity contribution in [3.8, 4) is 0 Å². The topological polar surface area (TPSA) is 0 Å². The summed E-state index contributed by atoms with van der Waals surface area (Å²) in [5.41, 5.74) is 5.67. The van der Waals surface area contributed by atoms with Gasteiger partial charge in [0, 0.05) is 11.8 Å². The molecule has 0 heteroatoms. The van der Waals surface area contributed by atoms with Crippen LogP contribution in [0.4, 0.5) is 0 Å². The fraction of sp³-hybridized carbons (Fsp3) is 0.333. The lowest BCUT2D eigenvalue weighted by Gasteiger charge is -2.09. The maximum Gasteiger partial charge on any atom is 0.00271 e. The first-order valence-electron chi connectivity index (χ1n) is 5.53. The van der Waals surface area contributed by atoms with Gasteiger partial charge in [0.25, 0.3) is 0 Å². The Hall–Kier alpha value is -1.30. The number of hydrogen-bond donors (Lipinski definition) is 0. The predicted octanol–water partition coefficient (Wildman–Crippen LogP) is 4.25. The molecule has 78 valence electrons. The van der Waals surface area contributed by atoms with Crippen molar-refractivity contribution in [2.75, 3.05) is 0 Å². The molecule has 2 unspecified atom stereocenters. The summed E-state index contributed by atoms with van der Waals surface area (Å²) in [5.74, 6) is 1.03. The zero-order valence-electron chi connectivity index (χ0n) is 9.59. The second-order valence-corrected chi connectivity index (χ2v) is 4.49. The molecular formula is C15H18. The summed E-state index contributed by atoms with van der Waals surface area (Å²) in [7, 11) is 0. The van der Waals surface area contributed by atoms with Crippen LogP contribution >= 0.6 is 0 Å². The van der Waals surface area contributed by atoms with Gasteiger partial charge in [-0.2, -0.15) is 0 Å². The van der Waals surface area contributed by atoms with Gasteiger partial charge in [-0.25, -0.2) is 0 Å². The summed E-state index contributed by atoms with van der Waals surface area (Å²) in [6.45, 7) is 12.2. The highest BCUT2D eigenvalue weighted by atomic mass is 14.3. The highest BCUT2D eigenvalue weighted by molar-refractivity contribution is 5.47. The van der Waals surface area contributed by atoms with E-state index in [2.05, 4.69) is 51.3 Å². The van der Waals surface area contributed by atoms with Crippen molar-refractivity contribution >= 4 is 0 Å². The number of fused-ring (bicyclic) bond motifs is 1. The third kappa shape index (κ3) is 1.54. The van der Waals surface area contributed by atoms with E-state index in [1.165, 1.54) is 22.3 Å². The molecule has 0 nitrogen and oxygen atoms in total. The first-order valence-corrected chi connectivity index (χ1v) is 5.53. The second kappa shape index (κ2) is 3.69. The summed E-state index contributed by atoms with van der Waals surface area (Å²) in [6.07, 6.45) is 5.28. The molecule has 0 saturated heterocycles. The Morgan fingerprint density at radius 2 is 1.40 bits per heavy atom. The van der Waals surface area contributed by atoms with Gasteiger partial charge in [0.2, 0.25) is 0 Å². The number of benzene rings is 1. The van der Waals surface area contributed by atoms with E-state index < -0.39 is 0 Å². The first-order chi connectivity index (χ1) is 7.17. The highest BCUT2D eigenvalue weighted by Gasteiger charge is 2.27. The zero-order chi connectivity index (χ0) is 11.0. The standard InChI is InChI=1S/C15H18/c1-5-12-9-13(6-2)15-8-11(4)10(3)7-14(12)15/h5-8,12-13H,1-2,9H2,3-4H3. The van der Waals surface area contributed by atoms with Gasteiger partial charge in [-0.15, -0.1) is 13.2 Å². The van der Waals surface area contributed by atoms with Crippen LogP contribution in [0.3, 0.4) is 0 Å². The lowest BCUT2D eigenvalue weighted by atomic mass is 9.96. The molecule has 0 fully saturated rings. The van der Waals surface area contributed by atoms with Crippen LogP contribution in [0.2, 0.25) is 0 Å². The van der Waals surface area contributed by atoms with Crippen molar-refractivity contribution in [3.63, 3.8) is 0 Å². The molecule has 0 saturated carbocycles. The molecule has 0 bridgehead atoms. The number of rotatable bonds is 2. The molecule has 1 aliphatic carbocycles. The van der Waals surface area contributed by atoms with Gasteiger partial charge < -0.3 is 0 Å². The van der Waals surface area contributed by atoms with Gasteiger partial charge >= 0.3 is 0 Å². The van der Waals surface area contributed by atoms with Crippen LogP contribution < -0.4 is 0 Å². The molecule has 2 rings (SSSR count). The minimum Gasteiger partial charge on any atom is -0.102 e. The maximum absolute atomic E-state index is 3.93. The summed E-state index contributed by atoms with van der Waals surface area (Å²) in [6, 6.07) is 4.64. The van der Waals surface area contributed by atoms with Gasteiger partial charge in [0.1, 0.15) is 0 Å². The molecule has 0 heterocycles. The monoisotopic (exact) mass is 198 g/mol. The van der Waals surface area contributed by atoms with Gasteiger partial charge in [-0.1, -0.05) is 24.3 Å². The first kappa shape index (κ1) is 10.2. The number of hydrogen-bond acceptors (Lipinski definition) is 0. The summed E-state index contributed by atoms with van der Waals surface area (Å²) < 4.78 is 0. The average Bonchev–Trinajstić information content (AvgIpc) is 2.56. The van der Waals surface area contributed by atoms with Crippen molar-refractivity contribution < 1.29 is 0 Å². The van der Waals surface area contributed by atoms with E-state index in [0.717, 1.165) is 6.42 Å². The molecule has 1 aliphatic rings. The molecule has 0 radical (unpaired) electrons. The smallest absolute Gasteiger partial charge is 0.00271 e. The molecule has 15 heavy (non-hydrogen) atoms. The van der Waals surface area contributed by atoms with E-state index in [1.54, 1.807) is 0 Å².